The van der Waals surface area contributed by atoms with Crippen molar-refractivity contribution in [2.24, 2.45) is 34.5 Å². The monoisotopic (exact) mass is 495 g/mol. The van der Waals surface area contributed by atoms with Crippen LogP contribution < -0.4 is 5.32 Å². The van der Waals surface area contributed by atoms with Crippen LogP contribution in [0, 0.1) is 34.5 Å². The molecule has 0 radical (unpaired) electrons. The molecule has 0 unspecified atom stereocenters. The molecule has 2 saturated carbocycles. The molecule has 0 spiro atoms. The van der Waals surface area contributed by atoms with Gasteiger partial charge in [-0.2, -0.15) is 13.2 Å². The first kappa shape index (κ1) is 26.0. The standard InChI is InChI=1S/C27H36F3NO4/c1-24(2,23(34)27(28,29)30)31-21(32)20-9-8-18-17-7-6-16-14-15(22(33)35-5)10-12-25(16,3)19(17)11-13-26(18,20)4/h6,14,17-20H,7-13H2,1-5H3,(H,31,32)/t17-,18-,19-,20+,25-,26-/m0/s1. The minimum Gasteiger partial charge on any atom is -0.466 e. The number of amides is 1. The SMILES string of the molecule is COC(=O)C1=CC2=CC[C@H]3[C@@H]4CC[C@H](C(=O)NC(C)(C)C(=O)C(F)(F)F)[C@@]4(C)CC[C@@H]3[C@@]2(C)CC1. The molecular weight excluding hydrogens is 459 g/mol. The molecule has 4 rings (SSSR count). The Bertz CT molecular complexity index is 997. The quantitative estimate of drug-likeness (QED) is 0.537. The second-order valence-electron chi connectivity index (χ2n) is 12.0. The number of fused-ring (bicyclic) bond motifs is 5. The number of Topliss-reactive ketones (excluding diaryl/α,β-unsaturated/α-hetero) is 1. The summed E-state index contributed by atoms with van der Waals surface area (Å²) in [5, 5.41) is 2.44. The van der Waals surface area contributed by atoms with Crippen molar-refractivity contribution in [3.05, 3.63) is 23.3 Å². The summed E-state index contributed by atoms with van der Waals surface area (Å²) in [6.07, 6.45) is 4.90. The topological polar surface area (TPSA) is 72.5 Å². The fraction of sp³-hybridized carbons (Fsp3) is 0.741. The predicted molar refractivity (Wildman–Crippen MR) is 124 cm³/mol. The third kappa shape index (κ3) is 4.14. The molecule has 1 amide bonds. The summed E-state index contributed by atoms with van der Waals surface area (Å²) in [6, 6.07) is 0. The molecule has 0 aromatic heterocycles. The number of esters is 1. The summed E-state index contributed by atoms with van der Waals surface area (Å²) >= 11 is 0. The van der Waals surface area contributed by atoms with E-state index in [1.165, 1.54) is 12.7 Å². The van der Waals surface area contributed by atoms with E-state index < -0.39 is 29.3 Å². The normalized spacial score (nSPS) is 36.7. The zero-order valence-corrected chi connectivity index (χ0v) is 21.2. The van der Waals surface area contributed by atoms with E-state index in [-0.39, 0.29) is 16.8 Å². The Kier molecular flexibility index (Phi) is 6.29. The molecule has 0 aromatic rings. The predicted octanol–water partition coefficient (Wildman–Crippen LogP) is 5.30. The second-order valence-corrected chi connectivity index (χ2v) is 12.0. The molecule has 0 aliphatic heterocycles. The number of ketones is 1. The van der Waals surface area contributed by atoms with Crippen LogP contribution >= 0.6 is 0 Å². The number of alkyl halides is 3. The van der Waals surface area contributed by atoms with Crippen LogP contribution in [0.15, 0.2) is 23.3 Å². The van der Waals surface area contributed by atoms with Gasteiger partial charge in [0.1, 0.15) is 5.54 Å². The molecule has 1 N–H and O–H groups in total. The van der Waals surface area contributed by atoms with Crippen molar-refractivity contribution in [2.75, 3.05) is 7.11 Å². The van der Waals surface area contributed by atoms with Crippen molar-refractivity contribution in [2.45, 2.75) is 84.4 Å². The lowest BCUT2D eigenvalue weighted by molar-refractivity contribution is -0.177. The van der Waals surface area contributed by atoms with Crippen molar-refractivity contribution in [3.63, 3.8) is 0 Å². The molecule has 0 heterocycles. The Hall–Kier alpha value is -2.12. The lowest BCUT2D eigenvalue weighted by atomic mass is 9.48. The van der Waals surface area contributed by atoms with Gasteiger partial charge in [0.2, 0.25) is 5.91 Å². The fourth-order valence-electron chi connectivity index (χ4n) is 7.85. The zero-order valence-electron chi connectivity index (χ0n) is 21.2. The van der Waals surface area contributed by atoms with E-state index in [2.05, 4.69) is 25.2 Å². The van der Waals surface area contributed by atoms with Crippen LogP contribution in [0.5, 0.6) is 0 Å². The molecule has 194 valence electrons. The second kappa shape index (κ2) is 8.48. The molecule has 4 aliphatic carbocycles. The summed E-state index contributed by atoms with van der Waals surface area (Å²) in [5.74, 6) is -1.96. The number of nitrogens with one attached hydrogen (secondary N) is 1. The average molecular weight is 496 g/mol. The van der Waals surface area contributed by atoms with Crippen molar-refractivity contribution < 1.29 is 32.3 Å². The Labute approximate surface area is 204 Å². The summed E-state index contributed by atoms with van der Waals surface area (Å²) in [7, 11) is 1.40. The van der Waals surface area contributed by atoms with Crippen molar-refractivity contribution in [1.29, 1.82) is 0 Å². The Morgan fingerprint density at radius 1 is 1.06 bits per heavy atom. The summed E-state index contributed by atoms with van der Waals surface area (Å²) in [4.78, 5) is 37.2. The van der Waals surface area contributed by atoms with E-state index in [0.717, 1.165) is 46.0 Å². The molecule has 0 saturated heterocycles. The van der Waals surface area contributed by atoms with Crippen LogP contribution in [0.25, 0.3) is 0 Å². The van der Waals surface area contributed by atoms with Crippen LogP contribution in [0.1, 0.15) is 72.6 Å². The number of allylic oxidation sites excluding steroid dienone is 3. The van der Waals surface area contributed by atoms with E-state index >= 15 is 0 Å². The van der Waals surface area contributed by atoms with Crippen LogP contribution in [0.2, 0.25) is 0 Å². The first-order valence-corrected chi connectivity index (χ1v) is 12.6. The maximum Gasteiger partial charge on any atom is 0.452 e. The highest BCUT2D eigenvalue weighted by molar-refractivity contribution is 5.96. The van der Waals surface area contributed by atoms with Gasteiger partial charge in [-0.05, 0) is 99.0 Å². The van der Waals surface area contributed by atoms with Gasteiger partial charge in [-0.25, -0.2) is 4.79 Å². The molecule has 0 aromatic carbocycles. The minimum absolute atomic E-state index is 0.0385. The van der Waals surface area contributed by atoms with Gasteiger partial charge in [0.15, 0.2) is 0 Å². The molecule has 35 heavy (non-hydrogen) atoms. The van der Waals surface area contributed by atoms with E-state index in [4.69, 9.17) is 4.74 Å². The number of hydrogen-bond donors (Lipinski definition) is 1. The lowest BCUT2D eigenvalue weighted by Crippen LogP contribution is -2.58. The Morgan fingerprint density at radius 2 is 1.74 bits per heavy atom. The molecule has 8 heteroatoms. The van der Waals surface area contributed by atoms with Gasteiger partial charge in [-0.15, -0.1) is 0 Å². The first-order chi connectivity index (χ1) is 16.1. The highest BCUT2D eigenvalue weighted by atomic mass is 19.4. The number of rotatable bonds is 4. The number of methoxy groups -OCH3 is 1. The van der Waals surface area contributed by atoms with Gasteiger partial charge in [0.05, 0.1) is 7.11 Å². The molecule has 4 aliphatic rings. The summed E-state index contributed by atoms with van der Waals surface area (Å²) in [5.41, 5.74) is -0.435. The van der Waals surface area contributed by atoms with Crippen molar-refractivity contribution >= 4 is 17.7 Å². The average Bonchev–Trinajstić information content (AvgIpc) is 3.14. The van der Waals surface area contributed by atoms with Gasteiger partial charge >= 0.3 is 12.1 Å². The van der Waals surface area contributed by atoms with E-state index in [1.807, 2.05) is 6.08 Å². The van der Waals surface area contributed by atoms with Crippen LogP contribution in [-0.2, 0) is 19.1 Å². The number of carbonyl (C=O) groups excluding carboxylic acids is 3. The third-order valence-corrected chi connectivity index (χ3v) is 9.79. The highest BCUT2D eigenvalue weighted by Crippen LogP contribution is 2.66. The first-order valence-electron chi connectivity index (χ1n) is 12.6. The van der Waals surface area contributed by atoms with Gasteiger partial charge in [0.25, 0.3) is 5.78 Å². The lowest BCUT2D eigenvalue weighted by Gasteiger charge is -2.57. The summed E-state index contributed by atoms with van der Waals surface area (Å²) < 4.78 is 44.0. The number of carbonyl (C=O) groups is 3. The Morgan fingerprint density at radius 3 is 2.37 bits per heavy atom. The number of hydrogen-bond acceptors (Lipinski definition) is 4. The zero-order chi connectivity index (χ0) is 26.0. The largest absolute Gasteiger partial charge is 0.466 e. The highest BCUT2D eigenvalue weighted by Gasteiger charge is 2.60. The van der Waals surface area contributed by atoms with Gasteiger partial charge in [-0.1, -0.05) is 19.9 Å². The molecule has 2 fully saturated rings. The minimum atomic E-state index is -5.00. The molecule has 0 bridgehead atoms. The van der Waals surface area contributed by atoms with Gasteiger partial charge in [0, 0.05) is 11.5 Å². The maximum atomic E-state index is 13.2. The van der Waals surface area contributed by atoms with Crippen molar-refractivity contribution in [3.8, 4) is 0 Å². The van der Waals surface area contributed by atoms with Gasteiger partial charge in [-0.3, -0.25) is 9.59 Å². The van der Waals surface area contributed by atoms with E-state index in [9.17, 15) is 27.6 Å². The van der Waals surface area contributed by atoms with E-state index in [0.29, 0.717) is 36.2 Å². The number of ether oxygens (including phenoxy) is 1. The van der Waals surface area contributed by atoms with Crippen LogP contribution in [0.4, 0.5) is 13.2 Å². The fourth-order valence-corrected chi connectivity index (χ4v) is 7.85. The third-order valence-electron chi connectivity index (χ3n) is 9.79. The van der Waals surface area contributed by atoms with Crippen LogP contribution in [-0.4, -0.2) is 36.5 Å². The van der Waals surface area contributed by atoms with Crippen LogP contribution in [0.3, 0.4) is 0 Å². The smallest absolute Gasteiger partial charge is 0.452 e. The maximum absolute atomic E-state index is 13.2. The summed E-state index contributed by atoms with van der Waals surface area (Å²) in [6.45, 7) is 6.65. The van der Waals surface area contributed by atoms with Crippen molar-refractivity contribution in [1.82, 2.24) is 5.32 Å². The van der Waals surface area contributed by atoms with Gasteiger partial charge < -0.3 is 10.1 Å². The van der Waals surface area contributed by atoms with E-state index in [1.54, 1.807) is 0 Å². The Balaban J connectivity index is 1.55. The molecule has 6 atom stereocenters. The molecule has 5 nitrogen and oxygen atoms in total. The number of halogens is 3. The molecular formula is C27H36F3NO4.